The summed E-state index contributed by atoms with van der Waals surface area (Å²) < 4.78 is 5.18. The summed E-state index contributed by atoms with van der Waals surface area (Å²) in [5.74, 6) is -0.353. The van der Waals surface area contributed by atoms with Crippen LogP contribution in [-0.4, -0.2) is 23.8 Å². The van der Waals surface area contributed by atoms with E-state index in [-0.39, 0.29) is 5.97 Å². The van der Waals surface area contributed by atoms with Crippen molar-refractivity contribution in [3.63, 3.8) is 0 Å². The summed E-state index contributed by atoms with van der Waals surface area (Å²) >= 11 is 0. The lowest BCUT2D eigenvalue weighted by Crippen LogP contribution is -2.40. The number of carbonyl (C=O) groups is 1. The van der Waals surface area contributed by atoms with E-state index in [0.29, 0.717) is 25.0 Å². The smallest absolute Gasteiger partial charge is 0.319 e. The minimum Gasteiger partial charge on any atom is -0.465 e. The molecule has 102 valence electrons. The summed E-state index contributed by atoms with van der Waals surface area (Å²) in [6.45, 7) is 6.16. The number of benzene rings is 1. The fourth-order valence-corrected chi connectivity index (χ4v) is 2.86. The van der Waals surface area contributed by atoms with Crippen molar-refractivity contribution in [3.05, 3.63) is 42.5 Å². The SMILES string of the molecule is C=C(c1ccccc1)[C@]1(C(=O)OCC)CCCC1O. The topological polar surface area (TPSA) is 46.5 Å². The van der Waals surface area contributed by atoms with E-state index in [9.17, 15) is 9.90 Å². The van der Waals surface area contributed by atoms with E-state index in [1.807, 2.05) is 30.3 Å². The molecule has 0 spiro atoms. The zero-order valence-corrected chi connectivity index (χ0v) is 11.3. The Balaban J connectivity index is 2.39. The first-order valence-corrected chi connectivity index (χ1v) is 6.73. The Morgan fingerprint density at radius 1 is 1.47 bits per heavy atom. The molecule has 0 aromatic heterocycles. The normalized spacial score (nSPS) is 26.1. The van der Waals surface area contributed by atoms with Crippen LogP contribution < -0.4 is 0 Å². The molecule has 3 nitrogen and oxygen atoms in total. The molecule has 0 saturated heterocycles. The lowest BCUT2D eigenvalue weighted by molar-refractivity contribution is -0.155. The zero-order valence-electron chi connectivity index (χ0n) is 11.3. The van der Waals surface area contributed by atoms with E-state index in [4.69, 9.17) is 4.74 Å². The lowest BCUT2D eigenvalue weighted by Gasteiger charge is -2.32. The Morgan fingerprint density at radius 3 is 2.68 bits per heavy atom. The maximum atomic E-state index is 12.3. The van der Waals surface area contributed by atoms with Gasteiger partial charge in [-0.25, -0.2) is 0 Å². The second kappa shape index (κ2) is 5.57. The summed E-state index contributed by atoms with van der Waals surface area (Å²) in [6, 6.07) is 9.54. The molecule has 1 saturated carbocycles. The van der Waals surface area contributed by atoms with Crippen molar-refractivity contribution in [3.8, 4) is 0 Å². The summed E-state index contributed by atoms with van der Waals surface area (Å²) in [6.07, 6.45) is 1.32. The molecule has 0 radical (unpaired) electrons. The van der Waals surface area contributed by atoms with Crippen LogP contribution in [0, 0.1) is 5.41 Å². The van der Waals surface area contributed by atoms with Gasteiger partial charge in [-0.05, 0) is 37.3 Å². The molecule has 3 heteroatoms. The standard InChI is InChI=1S/C16H20O3/c1-3-19-15(18)16(11-7-10-14(16)17)12(2)13-8-5-4-6-9-13/h4-6,8-9,14,17H,2-3,7,10-11H2,1H3/t14?,16-/m1/s1. The van der Waals surface area contributed by atoms with Gasteiger partial charge in [-0.1, -0.05) is 36.9 Å². The zero-order chi connectivity index (χ0) is 13.9. The van der Waals surface area contributed by atoms with Gasteiger partial charge in [0.2, 0.25) is 0 Å². The number of carbonyl (C=O) groups excluding carboxylic acids is 1. The second-order valence-electron chi connectivity index (χ2n) is 4.94. The van der Waals surface area contributed by atoms with Crippen LogP contribution in [-0.2, 0) is 9.53 Å². The van der Waals surface area contributed by atoms with E-state index in [1.54, 1.807) is 6.92 Å². The first-order valence-electron chi connectivity index (χ1n) is 6.73. The molecule has 1 fully saturated rings. The van der Waals surface area contributed by atoms with Crippen molar-refractivity contribution < 1.29 is 14.6 Å². The highest BCUT2D eigenvalue weighted by Crippen LogP contribution is 2.48. The molecule has 1 aliphatic rings. The second-order valence-corrected chi connectivity index (χ2v) is 4.94. The first-order chi connectivity index (χ1) is 9.13. The largest absolute Gasteiger partial charge is 0.465 e. The molecule has 0 bridgehead atoms. The fourth-order valence-electron chi connectivity index (χ4n) is 2.86. The van der Waals surface area contributed by atoms with E-state index in [1.165, 1.54) is 0 Å². The number of aliphatic hydroxyl groups excluding tert-OH is 1. The highest BCUT2D eigenvalue weighted by molar-refractivity contribution is 5.93. The summed E-state index contributed by atoms with van der Waals surface area (Å²) in [4.78, 5) is 12.3. The molecular formula is C16H20O3. The first kappa shape index (κ1) is 13.8. The quantitative estimate of drug-likeness (QED) is 0.847. The van der Waals surface area contributed by atoms with Crippen molar-refractivity contribution in [2.45, 2.75) is 32.3 Å². The van der Waals surface area contributed by atoms with E-state index < -0.39 is 11.5 Å². The van der Waals surface area contributed by atoms with Gasteiger partial charge in [0.05, 0.1) is 12.7 Å². The van der Waals surface area contributed by atoms with Crippen LogP contribution in [0.1, 0.15) is 31.7 Å². The molecule has 1 aromatic carbocycles. The molecular weight excluding hydrogens is 240 g/mol. The van der Waals surface area contributed by atoms with Crippen LogP contribution >= 0.6 is 0 Å². The van der Waals surface area contributed by atoms with Crippen molar-refractivity contribution >= 4 is 11.5 Å². The molecule has 0 heterocycles. The summed E-state index contributed by atoms with van der Waals surface area (Å²) in [5.41, 5.74) is 0.574. The number of hydrogen-bond donors (Lipinski definition) is 1. The Morgan fingerprint density at radius 2 is 2.16 bits per heavy atom. The maximum absolute atomic E-state index is 12.3. The third-order valence-corrected chi connectivity index (χ3v) is 3.92. The number of esters is 1. The van der Waals surface area contributed by atoms with E-state index >= 15 is 0 Å². The molecule has 1 N–H and O–H groups in total. The monoisotopic (exact) mass is 260 g/mol. The molecule has 1 aliphatic carbocycles. The predicted octanol–water partition coefficient (Wildman–Crippen LogP) is 2.79. The highest BCUT2D eigenvalue weighted by Gasteiger charge is 2.52. The summed E-state index contributed by atoms with van der Waals surface area (Å²) in [5, 5.41) is 10.3. The van der Waals surface area contributed by atoms with Crippen molar-refractivity contribution in [2.24, 2.45) is 5.41 Å². The Kier molecular flexibility index (Phi) is 4.05. The third-order valence-electron chi connectivity index (χ3n) is 3.92. The molecule has 0 aliphatic heterocycles. The third kappa shape index (κ3) is 2.30. The maximum Gasteiger partial charge on any atom is 0.319 e. The molecule has 2 atom stereocenters. The van der Waals surface area contributed by atoms with Crippen LogP contribution in [0.5, 0.6) is 0 Å². The Bertz CT molecular complexity index is 466. The minimum atomic E-state index is -0.975. The summed E-state index contributed by atoms with van der Waals surface area (Å²) in [7, 11) is 0. The Labute approximate surface area is 113 Å². The average molecular weight is 260 g/mol. The predicted molar refractivity (Wildman–Crippen MR) is 74.4 cm³/mol. The van der Waals surface area contributed by atoms with Gasteiger partial charge in [-0.2, -0.15) is 0 Å². The minimum absolute atomic E-state index is 0.315. The van der Waals surface area contributed by atoms with Crippen LogP contribution in [0.25, 0.3) is 5.57 Å². The van der Waals surface area contributed by atoms with Crippen molar-refractivity contribution in [2.75, 3.05) is 6.61 Å². The van der Waals surface area contributed by atoms with Crippen molar-refractivity contribution in [1.82, 2.24) is 0 Å². The molecule has 2 rings (SSSR count). The van der Waals surface area contributed by atoms with Gasteiger partial charge in [0.25, 0.3) is 0 Å². The fraction of sp³-hybridized carbons (Fsp3) is 0.438. The molecule has 0 amide bonds. The lowest BCUT2D eigenvalue weighted by atomic mass is 9.74. The van der Waals surface area contributed by atoms with Gasteiger partial charge in [0, 0.05) is 0 Å². The van der Waals surface area contributed by atoms with Crippen molar-refractivity contribution in [1.29, 1.82) is 0 Å². The van der Waals surface area contributed by atoms with Gasteiger partial charge in [0.15, 0.2) is 0 Å². The molecule has 1 unspecified atom stereocenters. The van der Waals surface area contributed by atoms with Gasteiger partial charge < -0.3 is 9.84 Å². The number of aliphatic hydroxyl groups is 1. The van der Waals surface area contributed by atoms with Crippen LogP contribution in [0.15, 0.2) is 36.9 Å². The Hall–Kier alpha value is -1.61. The molecule has 19 heavy (non-hydrogen) atoms. The van der Waals surface area contributed by atoms with Crippen LogP contribution in [0.2, 0.25) is 0 Å². The van der Waals surface area contributed by atoms with Crippen LogP contribution in [0.3, 0.4) is 0 Å². The number of ether oxygens (including phenoxy) is 1. The van der Waals surface area contributed by atoms with E-state index in [0.717, 1.165) is 12.0 Å². The van der Waals surface area contributed by atoms with Gasteiger partial charge in [-0.15, -0.1) is 0 Å². The number of hydrogen-bond acceptors (Lipinski definition) is 3. The average Bonchev–Trinajstić information content (AvgIpc) is 2.82. The van der Waals surface area contributed by atoms with Crippen LogP contribution in [0.4, 0.5) is 0 Å². The molecule has 1 aromatic rings. The van der Waals surface area contributed by atoms with Gasteiger partial charge >= 0.3 is 5.97 Å². The van der Waals surface area contributed by atoms with E-state index in [2.05, 4.69) is 6.58 Å². The van der Waals surface area contributed by atoms with Gasteiger partial charge in [-0.3, -0.25) is 4.79 Å². The highest BCUT2D eigenvalue weighted by atomic mass is 16.5. The number of rotatable bonds is 4. The van der Waals surface area contributed by atoms with Gasteiger partial charge in [0.1, 0.15) is 5.41 Å².